The highest BCUT2D eigenvalue weighted by atomic mass is 16.3. The minimum atomic E-state index is -0.300. The van der Waals surface area contributed by atoms with Gasteiger partial charge in [0.2, 0.25) is 0 Å². The molecule has 6 N–H and O–H groups in total. The summed E-state index contributed by atoms with van der Waals surface area (Å²) in [6.07, 6.45) is 0.158. The van der Waals surface area contributed by atoms with Crippen molar-refractivity contribution in [1.29, 1.82) is 0 Å². The number of phenolic OH excluding ortho intramolecular Hbond substituents is 2. The van der Waals surface area contributed by atoms with Crippen LogP contribution in [0, 0.1) is 0 Å². The maximum atomic E-state index is 10.0. The summed E-state index contributed by atoms with van der Waals surface area (Å²) < 4.78 is 0. The molecule has 0 unspecified atom stereocenters. The number of phenols is 3. The van der Waals surface area contributed by atoms with Crippen LogP contribution in [0.4, 0.5) is 5.69 Å². The van der Waals surface area contributed by atoms with E-state index >= 15 is 0 Å². The zero-order valence-electron chi connectivity index (χ0n) is 10.2. The van der Waals surface area contributed by atoms with E-state index < -0.39 is 0 Å². The standard InChI is InChI=1S/C14H15NO4/c15-11-5-4-9(7-16)13(18)10(11)6-8-2-1-3-12(17)14(8)19/h1-5,16-19H,6-7,15H2. The number of benzene rings is 2. The first kappa shape index (κ1) is 13.0. The number of nitrogen functional groups attached to an aromatic ring is 1. The number of hydrogen-bond acceptors (Lipinski definition) is 5. The normalized spacial score (nSPS) is 10.6. The molecular weight excluding hydrogens is 246 g/mol. The minimum absolute atomic E-state index is 0.0924. The van der Waals surface area contributed by atoms with Crippen molar-refractivity contribution in [2.24, 2.45) is 0 Å². The first-order chi connectivity index (χ1) is 9.04. The van der Waals surface area contributed by atoms with Gasteiger partial charge in [-0.2, -0.15) is 0 Å². The molecule has 0 aliphatic heterocycles. The van der Waals surface area contributed by atoms with Crippen molar-refractivity contribution in [3.8, 4) is 17.2 Å². The fourth-order valence-electron chi connectivity index (χ4n) is 1.92. The Bertz CT molecular complexity index is 611. The van der Waals surface area contributed by atoms with E-state index in [-0.39, 0.29) is 30.3 Å². The zero-order chi connectivity index (χ0) is 14.0. The summed E-state index contributed by atoms with van der Waals surface area (Å²) in [4.78, 5) is 0. The van der Waals surface area contributed by atoms with Gasteiger partial charge in [-0.15, -0.1) is 0 Å². The van der Waals surface area contributed by atoms with Gasteiger partial charge in [-0.1, -0.05) is 18.2 Å². The smallest absolute Gasteiger partial charge is 0.161 e. The quantitative estimate of drug-likeness (QED) is 0.425. The Hall–Kier alpha value is -2.40. The zero-order valence-corrected chi connectivity index (χ0v) is 10.2. The van der Waals surface area contributed by atoms with Gasteiger partial charge in [-0.25, -0.2) is 0 Å². The predicted molar refractivity (Wildman–Crippen MR) is 71.0 cm³/mol. The Kier molecular flexibility index (Phi) is 3.48. The van der Waals surface area contributed by atoms with E-state index in [1.54, 1.807) is 18.2 Å². The Morgan fingerprint density at radius 1 is 0.895 bits per heavy atom. The predicted octanol–water partition coefficient (Wildman–Crippen LogP) is 1.47. The molecule has 2 rings (SSSR count). The molecule has 0 spiro atoms. The first-order valence-corrected chi connectivity index (χ1v) is 5.74. The van der Waals surface area contributed by atoms with Gasteiger partial charge in [-0.05, 0) is 12.1 Å². The van der Waals surface area contributed by atoms with Gasteiger partial charge in [0.1, 0.15) is 5.75 Å². The summed E-state index contributed by atoms with van der Waals surface area (Å²) in [5.41, 5.74) is 7.37. The topological polar surface area (TPSA) is 107 Å². The second-order valence-corrected chi connectivity index (χ2v) is 4.26. The van der Waals surface area contributed by atoms with E-state index in [1.807, 2.05) is 0 Å². The molecular formula is C14H15NO4. The molecule has 100 valence electrons. The lowest BCUT2D eigenvalue weighted by atomic mass is 9.99. The Morgan fingerprint density at radius 3 is 2.32 bits per heavy atom. The molecule has 0 saturated carbocycles. The van der Waals surface area contributed by atoms with E-state index in [0.29, 0.717) is 22.4 Å². The lowest BCUT2D eigenvalue weighted by Crippen LogP contribution is -1.99. The number of aliphatic hydroxyl groups excluding tert-OH is 1. The molecule has 5 heteroatoms. The van der Waals surface area contributed by atoms with Crippen LogP contribution in [0.5, 0.6) is 17.2 Å². The number of hydrogen-bond donors (Lipinski definition) is 5. The van der Waals surface area contributed by atoms with E-state index in [2.05, 4.69) is 0 Å². The number of anilines is 1. The van der Waals surface area contributed by atoms with E-state index in [1.165, 1.54) is 12.1 Å². The van der Waals surface area contributed by atoms with Crippen LogP contribution in [0.1, 0.15) is 16.7 Å². The number of aromatic hydroxyl groups is 3. The van der Waals surface area contributed by atoms with Crippen LogP contribution in [-0.2, 0) is 13.0 Å². The van der Waals surface area contributed by atoms with Crippen molar-refractivity contribution in [1.82, 2.24) is 0 Å². The SMILES string of the molecule is Nc1ccc(CO)c(O)c1Cc1cccc(O)c1O. The molecule has 0 bridgehead atoms. The highest BCUT2D eigenvalue weighted by Crippen LogP contribution is 2.35. The largest absolute Gasteiger partial charge is 0.507 e. The van der Waals surface area contributed by atoms with Crippen LogP contribution in [0.3, 0.4) is 0 Å². The van der Waals surface area contributed by atoms with Crippen molar-refractivity contribution in [3.05, 3.63) is 47.0 Å². The van der Waals surface area contributed by atoms with Crippen molar-refractivity contribution in [2.75, 3.05) is 5.73 Å². The van der Waals surface area contributed by atoms with Crippen molar-refractivity contribution >= 4 is 5.69 Å². The summed E-state index contributed by atoms with van der Waals surface area (Å²) in [5.74, 6) is -0.560. The summed E-state index contributed by atoms with van der Waals surface area (Å²) in [5, 5.41) is 38.3. The summed E-state index contributed by atoms with van der Waals surface area (Å²) in [7, 11) is 0. The van der Waals surface area contributed by atoms with Crippen LogP contribution >= 0.6 is 0 Å². The van der Waals surface area contributed by atoms with Gasteiger partial charge >= 0.3 is 0 Å². The molecule has 2 aromatic rings. The third-order valence-electron chi connectivity index (χ3n) is 3.04. The molecule has 0 aliphatic carbocycles. The highest BCUT2D eigenvalue weighted by Gasteiger charge is 2.14. The number of rotatable bonds is 3. The number of nitrogens with two attached hydrogens (primary N) is 1. The second-order valence-electron chi connectivity index (χ2n) is 4.26. The Morgan fingerprint density at radius 2 is 1.63 bits per heavy atom. The average Bonchev–Trinajstić information content (AvgIpc) is 2.39. The van der Waals surface area contributed by atoms with Crippen LogP contribution < -0.4 is 5.73 Å². The molecule has 0 amide bonds. The monoisotopic (exact) mass is 261 g/mol. The van der Waals surface area contributed by atoms with Gasteiger partial charge in [0.05, 0.1) is 6.61 Å². The molecule has 0 atom stereocenters. The molecule has 0 fully saturated rings. The van der Waals surface area contributed by atoms with Gasteiger partial charge in [-0.3, -0.25) is 0 Å². The lowest BCUT2D eigenvalue weighted by molar-refractivity contribution is 0.275. The van der Waals surface area contributed by atoms with E-state index in [4.69, 9.17) is 10.8 Å². The number of aliphatic hydroxyl groups is 1. The van der Waals surface area contributed by atoms with Gasteiger partial charge < -0.3 is 26.2 Å². The minimum Gasteiger partial charge on any atom is -0.507 e. The summed E-state index contributed by atoms with van der Waals surface area (Å²) >= 11 is 0. The lowest BCUT2D eigenvalue weighted by Gasteiger charge is -2.12. The molecule has 0 aromatic heterocycles. The highest BCUT2D eigenvalue weighted by molar-refractivity contribution is 5.60. The third-order valence-corrected chi connectivity index (χ3v) is 3.04. The summed E-state index contributed by atoms with van der Waals surface area (Å²) in [6.45, 7) is -0.300. The van der Waals surface area contributed by atoms with Crippen LogP contribution in [-0.4, -0.2) is 20.4 Å². The third kappa shape index (κ3) is 2.41. The van der Waals surface area contributed by atoms with Crippen LogP contribution in [0.15, 0.2) is 30.3 Å². The van der Waals surface area contributed by atoms with Gasteiger partial charge in [0.15, 0.2) is 11.5 Å². The maximum absolute atomic E-state index is 10.0. The molecule has 0 aliphatic rings. The molecule has 2 aromatic carbocycles. The summed E-state index contributed by atoms with van der Waals surface area (Å²) in [6, 6.07) is 7.70. The Balaban J connectivity index is 2.46. The van der Waals surface area contributed by atoms with Gasteiger partial charge in [0.25, 0.3) is 0 Å². The first-order valence-electron chi connectivity index (χ1n) is 5.74. The second kappa shape index (κ2) is 5.07. The van der Waals surface area contributed by atoms with E-state index in [0.717, 1.165) is 0 Å². The van der Waals surface area contributed by atoms with Crippen molar-refractivity contribution in [3.63, 3.8) is 0 Å². The van der Waals surface area contributed by atoms with Crippen LogP contribution in [0.2, 0.25) is 0 Å². The fourth-order valence-corrected chi connectivity index (χ4v) is 1.92. The van der Waals surface area contributed by atoms with Gasteiger partial charge in [0, 0.05) is 28.8 Å². The van der Waals surface area contributed by atoms with E-state index in [9.17, 15) is 15.3 Å². The number of para-hydroxylation sites is 1. The molecule has 0 radical (unpaired) electrons. The molecule has 0 saturated heterocycles. The van der Waals surface area contributed by atoms with Crippen LogP contribution in [0.25, 0.3) is 0 Å². The maximum Gasteiger partial charge on any atom is 0.161 e. The molecule has 19 heavy (non-hydrogen) atoms. The average molecular weight is 261 g/mol. The van der Waals surface area contributed by atoms with Crippen molar-refractivity contribution in [2.45, 2.75) is 13.0 Å². The Labute approximate surface area is 110 Å². The molecule has 5 nitrogen and oxygen atoms in total. The fraction of sp³-hybridized carbons (Fsp3) is 0.143. The van der Waals surface area contributed by atoms with Crippen molar-refractivity contribution < 1.29 is 20.4 Å². The molecule has 0 heterocycles.